The van der Waals surface area contributed by atoms with Crippen molar-refractivity contribution in [1.82, 2.24) is 0 Å². The van der Waals surface area contributed by atoms with Gasteiger partial charge in [-0.15, -0.1) is 0 Å². The van der Waals surface area contributed by atoms with Crippen LogP contribution in [0.15, 0.2) is 233 Å². The summed E-state index contributed by atoms with van der Waals surface area (Å²) in [6.45, 7) is 0. The van der Waals surface area contributed by atoms with Crippen molar-refractivity contribution >= 4 is 71.7 Å². The SMILES string of the molecule is c1cc(-c2ccc(N(c3ccc(-c4ccc5oc6ccccc6c5c4)cc3)c3ccc4oc5ccccc5c4c3)cc2)cc(-c2cccc(-c3ccc4ccccc4c3)c2)c1. The first kappa shape index (κ1) is 34.9. The molecule has 2 heterocycles. The molecule has 0 aliphatic carbocycles. The Morgan fingerprint density at radius 3 is 1.25 bits per heavy atom. The van der Waals surface area contributed by atoms with Crippen LogP contribution in [0.3, 0.4) is 0 Å². The number of benzene rings is 10. The molecule has 2 aromatic heterocycles. The average Bonchev–Trinajstić information content (AvgIpc) is 3.90. The lowest BCUT2D eigenvalue weighted by molar-refractivity contribution is 0.668. The summed E-state index contributed by atoms with van der Waals surface area (Å²) >= 11 is 0. The first-order chi connectivity index (χ1) is 30.2. The van der Waals surface area contributed by atoms with Gasteiger partial charge in [0.05, 0.1) is 0 Å². The normalized spacial score (nSPS) is 11.6. The van der Waals surface area contributed by atoms with Gasteiger partial charge in [0.25, 0.3) is 0 Å². The fourth-order valence-corrected chi connectivity index (χ4v) is 8.94. The Hall–Kier alpha value is -8.14. The van der Waals surface area contributed by atoms with Gasteiger partial charge < -0.3 is 13.7 Å². The van der Waals surface area contributed by atoms with E-state index in [1.165, 1.54) is 38.6 Å². The van der Waals surface area contributed by atoms with Gasteiger partial charge in [-0.25, -0.2) is 0 Å². The van der Waals surface area contributed by atoms with Crippen LogP contribution in [0.5, 0.6) is 0 Å². The molecular weight excluding hydrogens is 743 g/mol. The Kier molecular flexibility index (Phi) is 8.17. The molecule has 0 aliphatic rings. The van der Waals surface area contributed by atoms with E-state index in [0.29, 0.717) is 0 Å². The molecule has 0 bridgehead atoms. The maximum Gasteiger partial charge on any atom is 0.135 e. The zero-order valence-electron chi connectivity index (χ0n) is 33.1. The Morgan fingerprint density at radius 2 is 0.639 bits per heavy atom. The molecule has 0 saturated carbocycles. The van der Waals surface area contributed by atoms with E-state index in [2.05, 4.69) is 205 Å². The topological polar surface area (TPSA) is 29.5 Å². The second kappa shape index (κ2) is 14.3. The number of hydrogen-bond donors (Lipinski definition) is 0. The highest BCUT2D eigenvalue weighted by molar-refractivity contribution is 6.07. The molecule has 12 rings (SSSR count). The number of fused-ring (bicyclic) bond motifs is 7. The monoisotopic (exact) mass is 779 g/mol. The molecular formula is C58H37NO2. The van der Waals surface area contributed by atoms with Crippen LogP contribution < -0.4 is 4.90 Å². The van der Waals surface area contributed by atoms with Gasteiger partial charge in [-0.05, 0) is 140 Å². The fourth-order valence-electron chi connectivity index (χ4n) is 8.94. The number of nitrogens with zero attached hydrogens (tertiary/aromatic N) is 1. The molecule has 0 aliphatic heterocycles. The molecule has 10 aromatic carbocycles. The Morgan fingerprint density at radius 1 is 0.230 bits per heavy atom. The van der Waals surface area contributed by atoms with Gasteiger partial charge in [-0.3, -0.25) is 0 Å². The quantitative estimate of drug-likeness (QED) is 0.161. The van der Waals surface area contributed by atoms with Crippen LogP contribution in [0.4, 0.5) is 17.1 Å². The largest absolute Gasteiger partial charge is 0.456 e. The maximum absolute atomic E-state index is 6.24. The lowest BCUT2D eigenvalue weighted by atomic mass is 9.95. The van der Waals surface area contributed by atoms with Crippen molar-refractivity contribution in [3.05, 3.63) is 224 Å². The predicted octanol–water partition coefficient (Wildman–Crippen LogP) is 16.8. The van der Waals surface area contributed by atoms with Crippen LogP contribution in [0, 0.1) is 0 Å². The van der Waals surface area contributed by atoms with Crippen LogP contribution in [0.2, 0.25) is 0 Å². The van der Waals surface area contributed by atoms with Crippen LogP contribution in [-0.2, 0) is 0 Å². The minimum Gasteiger partial charge on any atom is -0.456 e. The van der Waals surface area contributed by atoms with E-state index in [4.69, 9.17) is 8.83 Å². The number of furan rings is 2. The predicted molar refractivity (Wildman–Crippen MR) is 255 cm³/mol. The first-order valence-electron chi connectivity index (χ1n) is 20.7. The van der Waals surface area contributed by atoms with E-state index in [1.54, 1.807) is 0 Å². The lowest BCUT2D eigenvalue weighted by Crippen LogP contribution is -2.09. The third kappa shape index (κ3) is 6.23. The maximum atomic E-state index is 6.24. The number of para-hydroxylation sites is 2. The highest BCUT2D eigenvalue weighted by Gasteiger charge is 2.17. The van der Waals surface area contributed by atoms with Gasteiger partial charge in [0.15, 0.2) is 0 Å². The van der Waals surface area contributed by atoms with Gasteiger partial charge >= 0.3 is 0 Å². The first-order valence-corrected chi connectivity index (χ1v) is 20.7. The highest BCUT2D eigenvalue weighted by atomic mass is 16.3. The molecule has 0 atom stereocenters. The number of hydrogen-bond acceptors (Lipinski definition) is 3. The minimum absolute atomic E-state index is 0.875. The van der Waals surface area contributed by atoms with Gasteiger partial charge in [-0.2, -0.15) is 0 Å². The number of rotatable bonds is 7. The van der Waals surface area contributed by atoms with Crippen LogP contribution in [0.25, 0.3) is 99.2 Å². The number of anilines is 3. The lowest BCUT2D eigenvalue weighted by Gasteiger charge is -2.26. The molecule has 286 valence electrons. The van der Waals surface area contributed by atoms with Crippen LogP contribution in [-0.4, -0.2) is 0 Å². The molecule has 0 unspecified atom stereocenters. The zero-order valence-corrected chi connectivity index (χ0v) is 33.1. The van der Waals surface area contributed by atoms with Crippen LogP contribution >= 0.6 is 0 Å². The van der Waals surface area contributed by atoms with E-state index < -0.39 is 0 Å². The van der Waals surface area contributed by atoms with E-state index in [9.17, 15) is 0 Å². The van der Waals surface area contributed by atoms with Gasteiger partial charge in [0.1, 0.15) is 22.3 Å². The summed E-state index contributed by atoms with van der Waals surface area (Å²) in [6, 6.07) is 80.2. The third-order valence-electron chi connectivity index (χ3n) is 12.1. The molecule has 0 saturated heterocycles. The van der Waals surface area contributed by atoms with Crippen LogP contribution in [0.1, 0.15) is 0 Å². The van der Waals surface area contributed by atoms with Gasteiger partial charge in [-0.1, -0.05) is 140 Å². The zero-order chi connectivity index (χ0) is 40.3. The molecule has 12 aromatic rings. The van der Waals surface area contributed by atoms with Crippen molar-refractivity contribution in [2.75, 3.05) is 4.90 Å². The third-order valence-corrected chi connectivity index (χ3v) is 12.1. The van der Waals surface area contributed by atoms with Crippen molar-refractivity contribution in [3.8, 4) is 44.5 Å². The second-order valence-electron chi connectivity index (χ2n) is 15.7. The van der Waals surface area contributed by atoms with Crippen molar-refractivity contribution in [3.63, 3.8) is 0 Å². The van der Waals surface area contributed by atoms with E-state index >= 15 is 0 Å². The summed E-state index contributed by atoms with van der Waals surface area (Å²) in [7, 11) is 0. The van der Waals surface area contributed by atoms with Crippen molar-refractivity contribution in [2.45, 2.75) is 0 Å². The molecule has 3 heteroatoms. The molecule has 0 amide bonds. The van der Waals surface area contributed by atoms with E-state index in [0.717, 1.165) is 77.6 Å². The summed E-state index contributed by atoms with van der Waals surface area (Å²) < 4.78 is 12.4. The Labute approximate surface area is 353 Å². The highest BCUT2D eigenvalue weighted by Crippen LogP contribution is 2.41. The smallest absolute Gasteiger partial charge is 0.135 e. The summed E-state index contributed by atoms with van der Waals surface area (Å²) in [5.74, 6) is 0. The van der Waals surface area contributed by atoms with Crippen molar-refractivity contribution in [1.29, 1.82) is 0 Å². The average molecular weight is 780 g/mol. The summed E-state index contributed by atoms with van der Waals surface area (Å²) in [5, 5.41) is 6.96. The van der Waals surface area contributed by atoms with Gasteiger partial charge in [0.2, 0.25) is 0 Å². The molecule has 3 nitrogen and oxygen atoms in total. The Balaban J connectivity index is 0.898. The Bertz CT molecular complexity index is 3590. The second-order valence-corrected chi connectivity index (χ2v) is 15.7. The molecule has 61 heavy (non-hydrogen) atoms. The summed E-state index contributed by atoms with van der Waals surface area (Å²) in [4.78, 5) is 2.33. The molecule has 0 spiro atoms. The molecule has 0 fully saturated rings. The van der Waals surface area contributed by atoms with Crippen molar-refractivity contribution < 1.29 is 8.83 Å². The standard InChI is InChI=1S/C58H37NO2/c1-2-10-41-34-46(20-19-38(41)9-1)45-14-8-13-44(35-45)43-12-7-11-42(33-43)39-21-26-48(27-22-39)59(50-30-32-58-54(37-50)52-16-4-6-18-56(52)61-58)49-28-23-40(24-29-49)47-25-31-57-53(36-47)51-15-3-5-17-55(51)60-57/h1-37H. The van der Waals surface area contributed by atoms with E-state index in [-0.39, 0.29) is 0 Å². The summed E-state index contributed by atoms with van der Waals surface area (Å²) in [6.07, 6.45) is 0. The fraction of sp³-hybridized carbons (Fsp3) is 0. The molecule has 0 radical (unpaired) electrons. The minimum atomic E-state index is 0.875. The molecule has 0 N–H and O–H groups in total. The van der Waals surface area contributed by atoms with Gasteiger partial charge in [0, 0.05) is 38.6 Å². The van der Waals surface area contributed by atoms with E-state index in [1.807, 2.05) is 24.3 Å². The summed E-state index contributed by atoms with van der Waals surface area (Å²) in [5.41, 5.74) is 16.2. The van der Waals surface area contributed by atoms with Crippen molar-refractivity contribution in [2.24, 2.45) is 0 Å².